The SMILES string of the molecule is COC(=O)c1ccc(CN2C(=O)N/C(=C\c3cc(Cl)c(OCc4ccccc4Cl)c(Cl)c3)C2=O)o1. The van der Waals surface area contributed by atoms with E-state index in [4.69, 9.17) is 44.0 Å². The largest absolute Gasteiger partial charge is 0.486 e. The number of hydrogen-bond acceptors (Lipinski definition) is 6. The van der Waals surface area contributed by atoms with E-state index < -0.39 is 17.9 Å². The van der Waals surface area contributed by atoms with E-state index in [1.54, 1.807) is 18.2 Å². The quantitative estimate of drug-likeness (QED) is 0.237. The molecule has 2 heterocycles. The van der Waals surface area contributed by atoms with E-state index in [-0.39, 0.29) is 46.2 Å². The van der Waals surface area contributed by atoms with E-state index in [0.717, 1.165) is 10.5 Å². The van der Waals surface area contributed by atoms with Gasteiger partial charge in [-0.3, -0.25) is 9.69 Å². The third-order valence-electron chi connectivity index (χ3n) is 4.99. The van der Waals surface area contributed by atoms with Crippen molar-refractivity contribution in [1.82, 2.24) is 10.2 Å². The van der Waals surface area contributed by atoms with E-state index in [9.17, 15) is 14.4 Å². The van der Waals surface area contributed by atoms with Crippen molar-refractivity contribution in [1.29, 1.82) is 0 Å². The van der Waals surface area contributed by atoms with Crippen molar-refractivity contribution in [2.75, 3.05) is 7.11 Å². The van der Waals surface area contributed by atoms with Crippen molar-refractivity contribution in [3.05, 3.63) is 91.9 Å². The van der Waals surface area contributed by atoms with Crippen LogP contribution in [0.5, 0.6) is 5.75 Å². The number of ether oxygens (including phenoxy) is 2. The average molecular weight is 536 g/mol. The van der Waals surface area contributed by atoms with Crippen LogP contribution >= 0.6 is 34.8 Å². The number of carbonyl (C=O) groups excluding carboxylic acids is 3. The fourth-order valence-electron chi connectivity index (χ4n) is 3.28. The minimum atomic E-state index is -0.665. The second-order valence-corrected chi connectivity index (χ2v) is 8.55. The molecule has 1 N–H and O–H groups in total. The summed E-state index contributed by atoms with van der Waals surface area (Å²) in [5, 5.41) is 3.49. The minimum absolute atomic E-state index is 0.0200. The summed E-state index contributed by atoms with van der Waals surface area (Å²) in [5.74, 6) is -0.787. The Morgan fingerprint density at radius 1 is 1.06 bits per heavy atom. The average Bonchev–Trinajstić information content (AvgIpc) is 3.39. The highest BCUT2D eigenvalue weighted by Gasteiger charge is 2.34. The third kappa shape index (κ3) is 5.45. The van der Waals surface area contributed by atoms with Gasteiger partial charge in [0.05, 0.1) is 23.7 Å². The zero-order chi connectivity index (χ0) is 25.1. The zero-order valence-corrected chi connectivity index (χ0v) is 20.4. The van der Waals surface area contributed by atoms with Crippen LogP contribution in [-0.4, -0.2) is 29.9 Å². The molecule has 180 valence electrons. The minimum Gasteiger partial charge on any atom is -0.486 e. The molecule has 3 aromatic rings. The van der Waals surface area contributed by atoms with Gasteiger partial charge in [-0.1, -0.05) is 53.0 Å². The Morgan fingerprint density at radius 2 is 1.77 bits per heavy atom. The van der Waals surface area contributed by atoms with Gasteiger partial charge in [-0.05, 0) is 42.0 Å². The summed E-state index contributed by atoms with van der Waals surface area (Å²) in [7, 11) is 1.22. The molecular formula is C24H17Cl3N2O6. The smallest absolute Gasteiger partial charge is 0.373 e. The lowest BCUT2D eigenvalue weighted by Gasteiger charge is -2.12. The number of halogens is 3. The lowest BCUT2D eigenvalue weighted by Crippen LogP contribution is -2.30. The van der Waals surface area contributed by atoms with Crippen molar-refractivity contribution >= 4 is 58.8 Å². The summed E-state index contributed by atoms with van der Waals surface area (Å²) in [5.41, 5.74) is 1.26. The van der Waals surface area contributed by atoms with Gasteiger partial charge in [-0.2, -0.15) is 0 Å². The summed E-state index contributed by atoms with van der Waals surface area (Å²) in [4.78, 5) is 37.6. The summed E-state index contributed by atoms with van der Waals surface area (Å²) in [6.07, 6.45) is 1.44. The molecule has 0 atom stereocenters. The van der Waals surface area contributed by atoms with Gasteiger partial charge < -0.3 is 19.2 Å². The van der Waals surface area contributed by atoms with Gasteiger partial charge in [0.15, 0.2) is 5.75 Å². The normalized spacial score (nSPS) is 14.4. The van der Waals surface area contributed by atoms with Gasteiger partial charge in [0.25, 0.3) is 5.91 Å². The lowest BCUT2D eigenvalue weighted by molar-refractivity contribution is -0.123. The van der Waals surface area contributed by atoms with E-state index in [1.807, 2.05) is 18.2 Å². The first kappa shape index (κ1) is 24.7. The number of amides is 3. The molecule has 35 heavy (non-hydrogen) atoms. The Morgan fingerprint density at radius 3 is 2.46 bits per heavy atom. The molecular weight excluding hydrogens is 519 g/mol. The highest BCUT2D eigenvalue weighted by atomic mass is 35.5. The maximum absolute atomic E-state index is 12.8. The van der Waals surface area contributed by atoms with E-state index in [1.165, 1.54) is 25.3 Å². The fourth-order valence-corrected chi connectivity index (χ4v) is 4.08. The van der Waals surface area contributed by atoms with Gasteiger partial charge in [-0.25, -0.2) is 9.59 Å². The van der Waals surface area contributed by atoms with E-state index in [2.05, 4.69) is 10.1 Å². The summed E-state index contributed by atoms with van der Waals surface area (Å²) in [6.45, 7) is -0.0111. The van der Waals surface area contributed by atoms with Crippen molar-refractivity contribution in [3.8, 4) is 5.75 Å². The number of hydrogen-bond donors (Lipinski definition) is 1. The number of nitrogens with zero attached hydrogens (tertiary/aromatic N) is 1. The number of benzene rings is 2. The molecule has 1 aliphatic heterocycles. The molecule has 8 nitrogen and oxygen atoms in total. The van der Waals surface area contributed by atoms with Crippen LogP contribution in [0.1, 0.15) is 27.4 Å². The van der Waals surface area contributed by atoms with Crippen LogP contribution in [0.25, 0.3) is 6.08 Å². The van der Waals surface area contributed by atoms with Gasteiger partial charge in [0.1, 0.15) is 18.1 Å². The summed E-state index contributed by atoms with van der Waals surface area (Å²) >= 11 is 18.9. The van der Waals surface area contributed by atoms with Crippen molar-refractivity contribution in [2.45, 2.75) is 13.2 Å². The van der Waals surface area contributed by atoms with Crippen LogP contribution in [0.3, 0.4) is 0 Å². The molecule has 3 amide bonds. The van der Waals surface area contributed by atoms with Gasteiger partial charge in [0.2, 0.25) is 5.76 Å². The number of imide groups is 1. The molecule has 1 aliphatic rings. The van der Waals surface area contributed by atoms with Gasteiger partial charge >= 0.3 is 12.0 Å². The first-order valence-corrected chi connectivity index (χ1v) is 11.3. The molecule has 0 bridgehead atoms. The highest BCUT2D eigenvalue weighted by Crippen LogP contribution is 2.36. The maximum atomic E-state index is 12.8. The first-order chi connectivity index (χ1) is 16.8. The first-order valence-electron chi connectivity index (χ1n) is 10.1. The van der Waals surface area contributed by atoms with E-state index in [0.29, 0.717) is 10.6 Å². The second-order valence-electron chi connectivity index (χ2n) is 7.33. The van der Waals surface area contributed by atoms with Crippen LogP contribution < -0.4 is 10.1 Å². The Balaban J connectivity index is 1.48. The van der Waals surface area contributed by atoms with Crippen molar-refractivity contribution in [2.24, 2.45) is 0 Å². The van der Waals surface area contributed by atoms with Crippen molar-refractivity contribution < 1.29 is 28.3 Å². The standard InChI is InChI=1S/C24H17Cl3N2O6/c1-33-23(31)20-7-6-15(35-20)11-29-22(30)19(28-24(29)32)10-13-8-17(26)21(18(27)9-13)34-12-14-4-2-3-5-16(14)25/h2-10H,11-12H2,1H3,(H,28,32)/b19-10-. The Hall–Kier alpha value is -3.46. The predicted octanol–water partition coefficient (Wildman–Crippen LogP) is 5.70. The van der Waals surface area contributed by atoms with Crippen LogP contribution in [0.15, 0.2) is 58.6 Å². The molecule has 0 radical (unpaired) electrons. The summed E-state index contributed by atoms with van der Waals surface area (Å²) < 4.78 is 15.7. The van der Waals surface area contributed by atoms with Crippen LogP contribution in [0, 0.1) is 0 Å². The van der Waals surface area contributed by atoms with E-state index >= 15 is 0 Å². The number of urea groups is 1. The maximum Gasteiger partial charge on any atom is 0.373 e. The molecule has 1 aromatic heterocycles. The molecule has 0 saturated carbocycles. The molecule has 2 aromatic carbocycles. The predicted molar refractivity (Wildman–Crippen MR) is 129 cm³/mol. The molecule has 4 rings (SSSR count). The number of methoxy groups -OCH3 is 1. The highest BCUT2D eigenvalue weighted by molar-refractivity contribution is 6.37. The van der Waals surface area contributed by atoms with Gasteiger partial charge in [-0.15, -0.1) is 0 Å². The molecule has 11 heteroatoms. The number of furan rings is 1. The van der Waals surface area contributed by atoms with Crippen LogP contribution in [-0.2, 0) is 22.7 Å². The Bertz CT molecular complexity index is 1330. The molecule has 0 spiro atoms. The molecule has 0 aliphatic carbocycles. The van der Waals surface area contributed by atoms with Crippen LogP contribution in [0.2, 0.25) is 15.1 Å². The topological polar surface area (TPSA) is 98.1 Å². The number of esters is 1. The number of carbonyl (C=O) groups is 3. The molecule has 1 saturated heterocycles. The van der Waals surface area contributed by atoms with Crippen molar-refractivity contribution in [3.63, 3.8) is 0 Å². The number of nitrogens with one attached hydrogen (secondary N) is 1. The monoisotopic (exact) mass is 534 g/mol. The van der Waals surface area contributed by atoms with Crippen LogP contribution in [0.4, 0.5) is 4.79 Å². The lowest BCUT2D eigenvalue weighted by atomic mass is 10.1. The number of rotatable bonds is 7. The Kier molecular flexibility index (Phi) is 7.35. The van der Waals surface area contributed by atoms with Gasteiger partial charge in [0, 0.05) is 10.6 Å². The summed E-state index contributed by atoms with van der Waals surface area (Å²) in [6, 6.07) is 12.6. The Labute approximate surface area is 214 Å². The second kappa shape index (κ2) is 10.4. The third-order valence-corrected chi connectivity index (χ3v) is 5.92. The molecule has 0 unspecified atom stereocenters. The fraction of sp³-hybridized carbons (Fsp3) is 0.125. The molecule has 1 fully saturated rings. The zero-order valence-electron chi connectivity index (χ0n) is 18.1.